The number of aryl methyl sites for hydroxylation is 1. The van der Waals surface area contributed by atoms with Crippen molar-refractivity contribution in [2.24, 2.45) is 0 Å². The summed E-state index contributed by atoms with van der Waals surface area (Å²) in [7, 11) is 0. The van der Waals surface area contributed by atoms with Gasteiger partial charge in [-0.15, -0.1) is 0 Å². The molecular weight excluding hydrogens is 549 g/mol. The lowest BCUT2D eigenvalue weighted by Crippen LogP contribution is -2.13. The molecule has 0 aliphatic heterocycles. The molecule has 0 amide bonds. The largest absolute Gasteiger partial charge is 0.422 e. The van der Waals surface area contributed by atoms with E-state index in [-0.39, 0.29) is 17.0 Å². The first kappa shape index (κ1) is 20.0. The molecular formula is C19H11Br3FNO3. The van der Waals surface area contributed by atoms with E-state index in [0.717, 1.165) is 17.7 Å². The van der Waals surface area contributed by atoms with Crippen LogP contribution in [0.2, 0.25) is 0 Å². The van der Waals surface area contributed by atoms with Crippen LogP contribution in [0.1, 0.15) is 32.0 Å². The van der Waals surface area contributed by atoms with Crippen LogP contribution in [-0.4, -0.2) is 16.7 Å². The smallest absolute Gasteiger partial charge is 0.343 e. The Morgan fingerprint density at radius 1 is 1.00 bits per heavy atom. The summed E-state index contributed by atoms with van der Waals surface area (Å²) in [5, 5.41) is 0. The highest BCUT2D eigenvalue weighted by Gasteiger charge is 2.24. The van der Waals surface area contributed by atoms with Crippen molar-refractivity contribution in [3.05, 3.63) is 84.2 Å². The summed E-state index contributed by atoms with van der Waals surface area (Å²) in [6.07, 6.45) is 0. The fraction of sp³-hybridized carbons (Fsp3) is 0.0526. The third-order valence-electron chi connectivity index (χ3n) is 3.74. The number of aromatic nitrogens is 1. The highest BCUT2D eigenvalue weighted by atomic mass is 79.9. The minimum Gasteiger partial charge on any atom is -0.422 e. The minimum absolute atomic E-state index is 0.0271. The van der Waals surface area contributed by atoms with Gasteiger partial charge in [0.1, 0.15) is 17.3 Å². The average molecular weight is 560 g/mol. The molecule has 0 unspecified atom stereocenters. The molecule has 0 aliphatic carbocycles. The number of hydrogen-bond acceptors (Lipinski definition) is 3. The van der Waals surface area contributed by atoms with Crippen molar-refractivity contribution in [2.45, 2.75) is 6.92 Å². The molecule has 3 aromatic rings. The zero-order valence-corrected chi connectivity index (χ0v) is 18.5. The standard InChI is InChI=1S/C19H11Br3FNO3/c1-9-2-4-10(5-3-9)19(26)27-13-7-6-11(23)8-12(13)17(25)16-14(20)15(21)18(22)24-16/h2-8,24H,1H3. The van der Waals surface area contributed by atoms with Crippen LogP contribution in [0.25, 0.3) is 0 Å². The van der Waals surface area contributed by atoms with Crippen LogP contribution in [0.4, 0.5) is 4.39 Å². The highest BCUT2D eigenvalue weighted by molar-refractivity contribution is 9.14. The average Bonchev–Trinajstić information content (AvgIpc) is 2.90. The molecule has 0 fully saturated rings. The molecule has 4 nitrogen and oxygen atoms in total. The molecule has 0 saturated heterocycles. The molecule has 0 atom stereocenters. The van der Waals surface area contributed by atoms with Gasteiger partial charge in [0.25, 0.3) is 0 Å². The second kappa shape index (κ2) is 8.08. The predicted octanol–water partition coefficient (Wildman–Crippen LogP) is 6.20. The maximum Gasteiger partial charge on any atom is 0.343 e. The summed E-state index contributed by atoms with van der Waals surface area (Å²) < 4.78 is 20.8. The number of carbonyl (C=O) groups is 2. The molecule has 0 spiro atoms. The summed E-state index contributed by atoms with van der Waals surface area (Å²) >= 11 is 9.89. The molecule has 1 N–H and O–H groups in total. The first-order valence-corrected chi connectivity index (χ1v) is 10.0. The first-order chi connectivity index (χ1) is 12.8. The van der Waals surface area contributed by atoms with Crippen molar-refractivity contribution in [1.82, 2.24) is 4.98 Å². The van der Waals surface area contributed by atoms with E-state index < -0.39 is 17.6 Å². The number of nitrogens with one attached hydrogen (secondary N) is 1. The number of ether oxygens (including phenoxy) is 1. The van der Waals surface area contributed by atoms with Crippen LogP contribution in [0, 0.1) is 12.7 Å². The number of ketones is 1. The SMILES string of the molecule is Cc1ccc(C(=O)Oc2ccc(F)cc2C(=O)c2[nH]c(Br)c(Br)c2Br)cc1. The molecule has 138 valence electrons. The van der Waals surface area contributed by atoms with Gasteiger partial charge in [-0.1, -0.05) is 17.7 Å². The van der Waals surface area contributed by atoms with E-state index in [9.17, 15) is 14.0 Å². The van der Waals surface area contributed by atoms with Gasteiger partial charge in [-0.25, -0.2) is 9.18 Å². The zero-order chi connectivity index (χ0) is 19.7. The number of carbonyl (C=O) groups excluding carboxylic acids is 2. The van der Waals surface area contributed by atoms with Gasteiger partial charge in [0.15, 0.2) is 0 Å². The molecule has 2 aromatic carbocycles. The molecule has 0 aliphatic rings. The Kier molecular flexibility index (Phi) is 5.98. The molecule has 27 heavy (non-hydrogen) atoms. The maximum absolute atomic E-state index is 13.8. The molecule has 0 radical (unpaired) electrons. The van der Waals surface area contributed by atoms with Crippen molar-refractivity contribution in [1.29, 1.82) is 0 Å². The van der Waals surface area contributed by atoms with Gasteiger partial charge in [-0.05, 0) is 85.0 Å². The fourth-order valence-electron chi connectivity index (χ4n) is 2.33. The Morgan fingerprint density at radius 2 is 1.67 bits per heavy atom. The number of rotatable bonds is 4. The predicted molar refractivity (Wildman–Crippen MR) is 110 cm³/mol. The summed E-state index contributed by atoms with van der Waals surface area (Å²) in [6, 6.07) is 10.2. The topological polar surface area (TPSA) is 59.2 Å². The van der Waals surface area contributed by atoms with Crippen LogP contribution in [0.5, 0.6) is 5.75 Å². The number of aromatic amines is 1. The molecule has 1 aromatic heterocycles. The van der Waals surface area contributed by atoms with Gasteiger partial charge in [-0.2, -0.15) is 0 Å². The number of H-pyrrole nitrogens is 1. The van der Waals surface area contributed by atoms with E-state index in [4.69, 9.17) is 4.74 Å². The number of halogens is 4. The van der Waals surface area contributed by atoms with E-state index in [1.54, 1.807) is 24.3 Å². The molecule has 8 heteroatoms. The lowest BCUT2D eigenvalue weighted by Gasteiger charge is -2.10. The van der Waals surface area contributed by atoms with Crippen molar-refractivity contribution in [3.8, 4) is 5.75 Å². The van der Waals surface area contributed by atoms with Gasteiger partial charge >= 0.3 is 5.97 Å². The van der Waals surface area contributed by atoms with E-state index in [0.29, 0.717) is 19.1 Å². The first-order valence-electron chi connectivity index (χ1n) is 7.63. The normalized spacial score (nSPS) is 10.7. The minimum atomic E-state index is -0.636. The Balaban J connectivity index is 1.98. The van der Waals surface area contributed by atoms with Crippen LogP contribution in [0.15, 0.2) is 56.0 Å². The van der Waals surface area contributed by atoms with Crippen molar-refractivity contribution < 1.29 is 18.7 Å². The highest BCUT2D eigenvalue weighted by Crippen LogP contribution is 2.36. The van der Waals surface area contributed by atoms with Crippen molar-refractivity contribution in [2.75, 3.05) is 0 Å². The van der Waals surface area contributed by atoms with Crippen LogP contribution < -0.4 is 4.74 Å². The number of benzene rings is 2. The summed E-state index contributed by atoms with van der Waals surface area (Å²) in [6.45, 7) is 1.90. The molecule has 0 bridgehead atoms. The van der Waals surface area contributed by atoms with Gasteiger partial charge in [0.05, 0.1) is 24.7 Å². The lowest BCUT2D eigenvalue weighted by molar-refractivity contribution is 0.0732. The number of hydrogen-bond donors (Lipinski definition) is 1. The molecule has 0 saturated carbocycles. The van der Waals surface area contributed by atoms with Gasteiger partial charge < -0.3 is 9.72 Å². The second-order valence-electron chi connectivity index (χ2n) is 5.67. The Labute approximate surface area is 179 Å². The van der Waals surface area contributed by atoms with E-state index in [2.05, 4.69) is 52.8 Å². The molecule has 3 rings (SSSR count). The Bertz CT molecular complexity index is 1050. The Morgan fingerprint density at radius 3 is 2.26 bits per heavy atom. The summed E-state index contributed by atoms with van der Waals surface area (Å²) in [4.78, 5) is 28.2. The van der Waals surface area contributed by atoms with Crippen LogP contribution in [-0.2, 0) is 0 Å². The zero-order valence-electron chi connectivity index (χ0n) is 13.8. The third-order valence-corrected chi connectivity index (χ3v) is 6.99. The van der Waals surface area contributed by atoms with Crippen molar-refractivity contribution in [3.63, 3.8) is 0 Å². The third kappa shape index (κ3) is 4.23. The quantitative estimate of drug-likeness (QED) is 0.235. The van der Waals surface area contributed by atoms with E-state index in [1.165, 1.54) is 6.07 Å². The summed E-state index contributed by atoms with van der Waals surface area (Å²) in [5.74, 6) is -1.81. The number of esters is 1. The van der Waals surface area contributed by atoms with Gasteiger partial charge in [0, 0.05) is 0 Å². The fourth-order valence-corrected chi connectivity index (χ4v) is 3.77. The lowest BCUT2D eigenvalue weighted by atomic mass is 10.1. The summed E-state index contributed by atoms with van der Waals surface area (Å²) in [5.41, 5.74) is 1.44. The van der Waals surface area contributed by atoms with Crippen molar-refractivity contribution >= 4 is 59.5 Å². The molecule has 1 heterocycles. The maximum atomic E-state index is 13.8. The van der Waals surface area contributed by atoms with E-state index in [1.807, 2.05) is 6.92 Å². The Hall–Kier alpha value is -1.77. The van der Waals surface area contributed by atoms with Gasteiger partial charge in [0.2, 0.25) is 5.78 Å². The van der Waals surface area contributed by atoms with E-state index >= 15 is 0 Å². The second-order valence-corrected chi connectivity index (χ2v) is 8.05. The van der Waals surface area contributed by atoms with Crippen LogP contribution in [0.3, 0.4) is 0 Å². The monoisotopic (exact) mass is 557 g/mol. The van der Waals surface area contributed by atoms with Crippen LogP contribution >= 0.6 is 47.8 Å². The van der Waals surface area contributed by atoms with Gasteiger partial charge in [-0.3, -0.25) is 4.79 Å².